The third-order valence-corrected chi connectivity index (χ3v) is 4.42. The molecule has 5 heteroatoms. The van der Waals surface area contributed by atoms with Crippen LogP contribution in [-0.2, 0) is 11.3 Å². The van der Waals surface area contributed by atoms with E-state index >= 15 is 0 Å². The van der Waals surface area contributed by atoms with Crippen LogP contribution >= 0.6 is 11.3 Å². The summed E-state index contributed by atoms with van der Waals surface area (Å²) in [4.78, 5) is 8.36. The molecule has 1 N–H and O–H groups in total. The predicted molar refractivity (Wildman–Crippen MR) is 71.9 cm³/mol. The summed E-state index contributed by atoms with van der Waals surface area (Å²) in [5, 5.41) is 4.34. The Morgan fingerprint density at radius 3 is 3.12 bits per heavy atom. The van der Waals surface area contributed by atoms with Crippen LogP contribution in [0.3, 0.4) is 0 Å². The Balaban J connectivity index is 2.08. The van der Waals surface area contributed by atoms with Gasteiger partial charge in [-0.3, -0.25) is 0 Å². The van der Waals surface area contributed by atoms with Crippen molar-refractivity contribution in [3.8, 4) is 0 Å². The smallest absolute Gasteiger partial charge is 0.185 e. The molecule has 2 rings (SSSR count). The largest absolute Gasteiger partial charge is 0.380 e. The minimum absolute atomic E-state index is 0.362. The van der Waals surface area contributed by atoms with Crippen molar-refractivity contribution in [2.75, 3.05) is 32.1 Å². The van der Waals surface area contributed by atoms with Crippen molar-refractivity contribution in [3.63, 3.8) is 0 Å². The fourth-order valence-electron chi connectivity index (χ4n) is 2.18. The number of methoxy groups -OCH3 is 1. The average Bonchev–Trinajstić information content (AvgIpc) is 2.72. The number of aromatic nitrogens is 1. The normalized spacial score (nSPS) is 20.9. The van der Waals surface area contributed by atoms with Crippen LogP contribution in [0.4, 0.5) is 5.13 Å². The molecule has 1 unspecified atom stereocenters. The second kappa shape index (κ2) is 5.80. The summed E-state index contributed by atoms with van der Waals surface area (Å²) < 4.78 is 5.45. The van der Waals surface area contributed by atoms with Gasteiger partial charge in [-0.1, -0.05) is 0 Å². The zero-order valence-corrected chi connectivity index (χ0v) is 11.6. The summed E-state index contributed by atoms with van der Waals surface area (Å²) in [6.07, 6.45) is 2.72. The lowest BCUT2D eigenvalue weighted by atomic mass is 10.1. The molecule has 1 aliphatic heterocycles. The minimum atomic E-state index is 0.362. The first-order valence-corrected chi connectivity index (χ1v) is 6.95. The average molecular weight is 255 g/mol. The monoisotopic (exact) mass is 255 g/mol. The Labute approximate surface area is 107 Å². The zero-order valence-electron chi connectivity index (χ0n) is 10.8. The van der Waals surface area contributed by atoms with Crippen LogP contribution < -0.4 is 10.2 Å². The molecule has 1 saturated heterocycles. The molecule has 1 atom stereocenters. The molecule has 1 aromatic heterocycles. The highest BCUT2D eigenvalue weighted by Crippen LogP contribution is 2.28. The molecule has 0 radical (unpaired) electrons. The summed E-state index contributed by atoms with van der Waals surface area (Å²) in [6, 6.07) is 0. The van der Waals surface area contributed by atoms with Crippen molar-refractivity contribution in [3.05, 3.63) is 10.6 Å². The van der Waals surface area contributed by atoms with Crippen molar-refractivity contribution >= 4 is 16.5 Å². The molecule has 0 spiro atoms. The van der Waals surface area contributed by atoms with E-state index < -0.39 is 0 Å². The van der Waals surface area contributed by atoms with Gasteiger partial charge in [0.05, 0.1) is 11.8 Å². The fraction of sp³-hybridized carbons (Fsp3) is 0.750. The quantitative estimate of drug-likeness (QED) is 0.890. The SMILES string of the molecule is CNCc1sc(N2CCCC(OC)C2)nc1C. The number of ether oxygens (including phenoxy) is 1. The van der Waals surface area contributed by atoms with Gasteiger partial charge in [0.1, 0.15) is 0 Å². The molecular formula is C12H21N3OS. The van der Waals surface area contributed by atoms with Crippen molar-refractivity contribution < 1.29 is 4.74 Å². The molecule has 1 fully saturated rings. The van der Waals surface area contributed by atoms with E-state index in [0.717, 1.165) is 30.5 Å². The third-order valence-electron chi connectivity index (χ3n) is 3.20. The minimum Gasteiger partial charge on any atom is -0.380 e. The molecular weight excluding hydrogens is 234 g/mol. The number of rotatable bonds is 4. The molecule has 0 saturated carbocycles. The standard InChI is InChI=1S/C12H21N3OS/c1-9-11(7-13-2)17-12(14-9)15-6-4-5-10(8-15)16-3/h10,13H,4-8H2,1-3H3. The molecule has 1 aromatic rings. The summed E-state index contributed by atoms with van der Waals surface area (Å²) in [5.74, 6) is 0. The summed E-state index contributed by atoms with van der Waals surface area (Å²) >= 11 is 1.80. The van der Waals surface area contributed by atoms with Crippen LogP contribution in [0.25, 0.3) is 0 Å². The number of nitrogens with zero attached hydrogens (tertiary/aromatic N) is 2. The third kappa shape index (κ3) is 2.97. The van der Waals surface area contributed by atoms with Gasteiger partial charge in [0, 0.05) is 31.6 Å². The Bertz CT molecular complexity index is 367. The van der Waals surface area contributed by atoms with Gasteiger partial charge in [-0.25, -0.2) is 4.98 Å². The maximum Gasteiger partial charge on any atom is 0.185 e. The second-order valence-corrected chi connectivity index (χ2v) is 5.54. The number of anilines is 1. The number of thiazole rings is 1. The van der Waals surface area contributed by atoms with E-state index in [4.69, 9.17) is 4.74 Å². The summed E-state index contributed by atoms with van der Waals surface area (Å²) in [6.45, 7) is 5.07. The van der Waals surface area contributed by atoms with E-state index in [1.165, 1.54) is 17.7 Å². The molecule has 4 nitrogen and oxygen atoms in total. The number of hydrogen-bond donors (Lipinski definition) is 1. The van der Waals surface area contributed by atoms with E-state index in [2.05, 4.69) is 22.1 Å². The van der Waals surface area contributed by atoms with Crippen LogP contribution in [0.2, 0.25) is 0 Å². The van der Waals surface area contributed by atoms with E-state index in [9.17, 15) is 0 Å². The summed E-state index contributed by atoms with van der Waals surface area (Å²) in [5.41, 5.74) is 1.15. The van der Waals surface area contributed by atoms with Crippen LogP contribution in [0.1, 0.15) is 23.4 Å². The van der Waals surface area contributed by atoms with Gasteiger partial charge in [-0.15, -0.1) is 11.3 Å². The molecule has 1 aliphatic rings. The van der Waals surface area contributed by atoms with E-state index in [-0.39, 0.29) is 0 Å². The lowest BCUT2D eigenvalue weighted by molar-refractivity contribution is 0.0893. The van der Waals surface area contributed by atoms with Crippen molar-refractivity contribution in [2.24, 2.45) is 0 Å². The van der Waals surface area contributed by atoms with Crippen LogP contribution in [0.15, 0.2) is 0 Å². The van der Waals surface area contributed by atoms with Crippen LogP contribution in [-0.4, -0.2) is 38.3 Å². The van der Waals surface area contributed by atoms with Gasteiger partial charge in [0.15, 0.2) is 5.13 Å². The first-order chi connectivity index (χ1) is 8.24. The van der Waals surface area contributed by atoms with Gasteiger partial charge in [-0.2, -0.15) is 0 Å². The fourth-order valence-corrected chi connectivity index (χ4v) is 3.28. The van der Waals surface area contributed by atoms with E-state index in [1.54, 1.807) is 18.4 Å². The molecule has 17 heavy (non-hydrogen) atoms. The number of hydrogen-bond acceptors (Lipinski definition) is 5. The maximum atomic E-state index is 5.45. The number of nitrogens with one attached hydrogen (secondary N) is 1. The lowest BCUT2D eigenvalue weighted by Crippen LogP contribution is -2.39. The van der Waals surface area contributed by atoms with E-state index in [1.807, 2.05) is 7.05 Å². The molecule has 96 valence electrons. The van der Waals surface area contributed by atoms with Gasteiger partial charge >= 0.3 is 0 Å². The topological polar surface area (TPSA) is 37.4 Å². The molecule has 0 aromatic carbocycles. The van der Waals surface area contributed by atoms with Gasteiger partial charge < -0.3 is 15.0 Å². The van der Waals surface area contributed by atoms with Crippen molar-refractivity contribution in [1.29, 1.82) is 0 Å². The molecule has 0 bridgehead atoms. The first-order valence-electron chi connectivity index (χ1n) is 6.13. The second-order valence-electron chi connectivity index (χ2n) is 4.48. The highest BCUT2D eigenvalue weighted by molar-refractivity contribution is 7.15. The predicted octanol–water partition coefficient (Wildman–Crippen LogP) is 1.79. The van der Waals surface area contributed by atoms with Gasteiger partial charge in [0.2, 0.25) is 0 Å². The van der Waals surface area contributed by atoms with Gasteiger partial charge in [-0.05, 0) is 26.8 Å². The lowest BCUT2D eigenvalue weighted by Gasteiger charge is -2.31. The Morgan fingerprint density at radius 2 is 2.41 bits per heavy atom. The van der Waals surface area contributed by atoms with Crippen molar-refractivity contribution in [2.45, 2.75) is 32.4 Å². The van der Waals surface area contributed by atoms with Crippen molar-refractivity contribution in [1.82, 2.24) is 10.3 Å². The van der Waals surface area contributed by atoms with Crippen LogP contribution in [0.5, 0.6) is 0 Å². The summed E-state index contributed by atoms with van der Waals surface area (Å²) in [7, 11) is 3.77. The number of piperidine rings is 1. The molecule has 0 amide bonds. The van der Waals surface area contributed by atoms with Gasteiger partial charge in [0.25, 0.3) is 0 Å². The van der Waals surface area contributed by atoms with E-state index in [0.29, 0.717) is 6.10 Å². The Hall–Kier alpha value is -0.650. The highest BCUT2D eigenvalue weighted by Gasteiger charge is 2.22. The number of aryl methyl sites for hydroxylation is 1. The molecule has 0 aliphatic carbocycles. The Kier molecular flexibility index (Phi) is 4.36. The maximum absolute atomic E-state index is 5.45. The Morgan fingerprint density at radius 1 is 1.59 bits per heavy atom. The molecule has 2 heterocycles. The highest BCUT2D eigenvalue weighted by atomic mass is 32.1. The van der Waals surface area contributed by atoms with Crippen LogP contribution in [0, 0.1) is 6.92 Å². The first kappa shape index (κ1) is 12.8. The zero-order chi connectivity index (χ0) is 12.3.